The average molecular weight is 299 g/mol. The number of nitrogens with zero attached hydrogens (tertiary/aromatic N) is 2. The van der Waals surface area contributed by atoms with Gasteiger partial charge in [0.1, 0.15) is 0 Å². The molecule has 0 atom stereocenters. The van der Waals surface area contributed by atoms with Crippen LogP contribution in [0.2, 0.25) is 5.02 Å². The second-order valence-corrected chi connectivity index (χ2v) is 6.43. The number of rotatable bonds is 4. The minimum absolute atomic E-state index is 0.0133. The quantitative estimate of drug-likeness (QED) is 0.889. The van der Waals surface area contributed by atoms with Crippen molar-refractivity contribution in [3.05, 3.63) is 28.8 Å². The van der Waals surface area contributed by atoms with Crippen molar-refractivity contribution in [1.82, 2.24) is 4.90 Å². The minimum atomic E-state index is -0.650. The van der Waals surface area contributed by atoms with Gasteiger partial charge in [0.05, 0.1) is 22.9 Å². The molecule has 0 radical (unpaired) electrons. The highest BCUT2D eigenvalue weighted by Gasteiger charge is 2.23. The van der Waals surface area contributed by atoms with Crippen molar-refractivity contribution in [2.45, 2.75) is 26.1 Å². The van der Waals surface area contributed by atoms with Gasteiger partial charge < -0.3 is 15.1 Å². The number of hydrogen-bond donors (Lipinski definition) is 2. The Hall–Kier alpha value is -0.810. The molecule has 0 aliphatic carbocycles. The maximum absolute atomic E-state index is 9.85. The summed E-state index contributed by atoms with van der Waals surface area (Å²) in [5, 5.41) is 19.6. The summed E-state index contributed by atoms with van der Waals surface area (Å²) in [7, 11) is 0. The Balaban J connectivity index is 1.97. The van der Waals surface area contributed by atoms with Crippen LogP contribution in [0.3, 0.4) is 0 Å². The molecule has 0 unspecified atom stereocenters. The van der Waals surface area contributed by atoms with E-state index in [0.29, 0.717) is 11.6 Å². The van der Waals surface area contributed by atoms with Gasteiger partial charge in [0, 0.05) is 32.7 Å². The van der Waals surface area contributed by atoms with Crippen molar-refractivity contribution >= 4 is 17.3 Å². The summed E-state index contributed by atoms with van der Waals surface area (Å²) in [4.78, 5) is 4.52. The first-order valence-electron chi connectivity index (χ1n) is 6.98. The molecule has 1 aromatic rings. The Morgan fingerprint density at radius 1 is 1.20 bits per heavy atom. The molecule has 0 amide bonds. The summed E-state index contributed by atoms with van der Waals surface area (Å²) in [6.45, 7) is 8.01. The molecule has 1 fully saturated rings. The molecular weight excluding hydrogens is 276 g/mol. The van der Waals surface area contributed by atoms with Crippen LogP contribution < -0.4 is 4.90 Å². The Morgan fingerprint density at radius 3 is 2.35 bits per heavy atom. The molecule has 0 spiro atoms. The lowest BCUT2D eigenvalue weighted by molar-refractivity contribution is 0.0345. The molecule has 112 valence electrons. The first-order chi connectivity index (χ1) is 9.39. The second-order valence-electron chi connectivity index (χ2n) is 6.02. The normalized spacial score (nSPS) is 17.6. The number of benzene rings is 1. The van der Waals surface area contributed by atoms with Crippen molar-refractivity contribution in [2.24, 2.45) is 0 Å². The number of anilines is 1. The number of aliphatic hydroxyl groups is 2. The maximum Gasteiger partial charge on any atom is 0.0718 e. The second kappa shape index (κ2) is 6.31. The van der Waals surface area contributed by atoms with Gasteiger partial charge in [-0.05, 0) is 31.5 Å². The first kappa shape index (κ1) is 15.6. The van der Waals surface area contributed by atoms with E-state index in [1.54, 1.807) is 0 Å². The van der Waals surface area contributed by atoms with Gasteiger partial charge in [-0.15, -0.1) is 0 Å². The zero-order valence-electron chi connectivity index (χ0n) is 12.1. The van der Waals surface area contributed by atoms with Crippen molar-refractivity contribution < 1.29 is 10.2 Å². The van der Waals surface area contributed by atoms with E-state index >= 15 is 0 Å². The Morgan fingerprint density at radius 2 is 1.85 bits per heavy atom. The van der Waals surface area contributed by atoms with Gasteiger partial charge in [-0.2, -0.15) is 0 Å². The predicted molar refractivity (Wildman–Crippen MR) is 82.3 cm³/mol. The number of β-amino-alcohol motifs (C(OH)–C–C–N with tert-alkyl or cyclic N) is 1. The summed E-state index contributed by atoms with van der Waals surface area (Å²) in [6, 6.07) is 5.70. The standard InChI is InChI=1S/C15H23ClN2O2/c1-15(2,20)11-17-5-7-18(8-6-17)14-4-3-12(10-19)9-13(14)16/h3-4,9,19-20H,5-8,10-11H2,1-2H3. The van der Waals surface area contributed by atoms with E-state index in [4.69, 9.17) is 16.7 Å². The van der Waals surface area contributed by atoms with E-state index in [-0.39, 0.29) is 6.61 Å². The molecule has 0 aromatic heterocycles. The van der Waals surface area contributed by atoms with Crippen LogP contribution in [0.1, 0.15) is 19.4 Å². The van der Waals surface area contributed by atoms with E-state index in [0.717, 1.165) is 37.4 Å². The van der Waals surface area contributed by atoms with Crippen LogP contribution >= 0.6 is 11.6 Å². The predicted octanol–water partition coefficient (Wildman–Crippen LogP) is 1.73. The van der Waals surface area contributed by atoms with Crippen molar-refractivity contribution in [1.29, 1.82) is 0 Å². The summed E-state index contributed by atoms with van der Waals surface area (Å²) in [5.41, 5.74) is 1.20. The number of aliphatic hydroxyl groups excluding tert-OH is 1. The first-order valence-corrected chi connectivity index (χ1v) is 7.36. The monoisotopic (exact) mass is 298 g/mol. The van der Waals surface area contributed by atoms with Gasteiger partial charge in [0.15, 0.2) is 0 Å². The molecule has 1 heterocycles. The zero-order chi connectivity index (χ0) is 14.8. The lowest BCUT2D eigenvalue weighted by atomic mass is 10.1. The number of hydrogen-bond acceptors (Lipinski definition) is 4. The highest BCUT2D eigenvalue weighted by Crippen LogP contribution is 2.28. The molecule has 2 N–H and O–H groups in total. The van der Waals surface area contributed by atoms with E-state index in [9.17, 15) is 5.11 Å². The lowest BCUT2D eigenvalue weighted by Gasteiger charge is -2.38. The van der Waals surface area contributed by atoms with Crippen LogP contribution in [-0.2, 0) is 6.61 Å². The fourth-order valence-electron chi connectivity index (χ4n) is 2.60. The molecule has 1 aliphatic heterocycles. The molecule has 4 nitrogen and oxygen atoms in total. The van der Waals surface area contributed by atoms with E-state index in [2.05, 4.69) is 9.80 Å². The highest BCUT2D eigenvalue weighted by atomic mass is 35.5. The van der Waals surface area contributed by atoms with Crippen LogP contribution in [0.5, 0.6) is 0 Å². The third kappa shape index (κ3) is 4.09. The Labute approximate surface area is 125 Å². The molecule has 0 bridgehead atoms. The molecule has 5 heteroatoms. The topological polar surface area (TPSA) is 46.9 Å². The van der Waals surface area contributed by atoms with E-state index < -0.39 is 5.60 Å². The lowest BCUT2D eigenvalue weighted by Crippen LogP contribution is -2.50. The highest BCUT2D eigenvalue weighted by molar-refractivity contribution is 6.33. The van der Waals surface area contributed by atoms with Crippen molar-refractivity contribution in [3.63, 3.8) is 0 Å². The summed E-state index contributed by atoms with van der Waals surface area (Å²) >= 11 is 6.28. The Kier molecular flexibility index (Phi) is 4.91. The third-order valence-electron chi connectivity index (χ3n) is 3.52. The smallest absolute Gasteiger partial charge is 0.0718 e. The van der Waals surface area contributed by atoms with E-state index in [1.165, 1.54) is 0 Å². The van der Waals surface area contributed by atoms with Crippen LogP contribution in [0, 0.1) is 0 Å². The van der Waals surface area contributed by atoms with Crippen LogP contribution in [0.4, 0.5) is 5.69 Å². The summed E-state index contributed by atoms with van der Waals surface area (Å²) < 4.78 is 0. The fourth-order valence-corrected chi connectivity index (χ4v) is 2.92. The van der Waals surface area contributed by atoms with Gasteiger partial charge >= 0.3 is 0 Å². The molecule has 20 heavy (non-hydrogen) atoms. The molecule has 1 saturated heterocycles. The average Bonchev–Trinajstić information content (AvgIpc) is 2.38. The third-order valence-corrected chi connectivity index (χ3v) is 3.82. The van der Waals surface area contributed by atoms with Gasteiger partial charge in [0.2, 0.25) is 0 Å². The van der Waals surface area contributed by atoms with Crippen molar-refractivity contribution in [2.75, 3.05) is 37.6 Å². The van der Waals surface area contributed by atoms with Crippen LogP contribution in [0.25, 0.3) is 0 Å². The zero-order valence-corrected chi connectivity index (χ0v) is 12.9. The van der Waals surface area contributed by atoms with Crippen LogP contribution in [-0.4, -0.2) is 53.4 Å². The fraction of sp³-hybridized carbons (Fsp3) is 0.600. The number of piperazine rings is 1. The minimum Gasteiger partial charge on any atom is -0.392 e. The van der Waals surface area contributed by atoms with E-state index in [1.807, 2.05) is 32.0 Å². The molecular formula is C15H23ClN2O2. The van der Waals surface area contributed by atoms with Gasteiger partial charge in [-0.3, -0.25) is 4.90 Å². The largest absolute Gasteiger partial charge is 0.392 e. The molecule has 0 saturated carbocycles. The number of halogens is 1. The molecule has 2 rings (SSSR count). The maximum atomic E-state index is 9.85. The van der Waals surface area contributed by atoms with Gasteiger partial charge in [-0.25, -0.2) is 0 Å². The SMILES string of the molecule is CC(C)(O)CN1CCN(c2ccc(CO)cc2Cl)CC1. The Bertz CT molecular complexity index is 452. The molecule has 1 aromatic carbocycles. The summed E-state index contributed by atoms with van der Waals surface area (Å²) in [5.74, 6) is 0. The van der Waals surface area contributed by atoms with Gasteiger partial charge in [0.25, 0.3) is 0 Å². The van der Waals surface area contributed by atoms with Crippen molar-refractivity contribution in [3.8, 4) is 0 Å². The summed E-state index contributed by atoms with van der Waals surface area (Å²) in [6.07, 6.45) is 0. The van der Waals surface area contributed by atoms with Gasteiger partial charge in [-0.1, -0.05) is 17.7 Å². The molecule has 1 aliphatic rings. The van der Waals surface area contributed by atoms with Crippen LogP contribution in [0.15, 0.2) is 18.2 Å².